The van der Waals surface area contributed by atoms with Crippen LogP contribution in [0.4, 0.5) is 23.7 Å². The maximum absolute atomic E-state index is 12.8. The molecule has 4 aromatic rings. The van der Waals surface area contributed by atoms with Gasteiger partial charge in [0, 0.05) is 18.3 Å². The first-order valence-corrected chi connectivity index (χ1v) is 10.4. The Balaban J connectivity index is 1.49. The monoisotopic (exact) mass is 465 g/mol. The topological polar surface area (TPSA) is 71.3 Å². The Bertz CT molecular complexity index is 1370. The number of carbonyl (C=O) groups excluding carboxylic acids is 1. The van der Waals surface area contributed by atoms with Gasteiger partial charge in [0.25, 0.3) is 0 Å². The van der Waals surface area contributed by atoms with E-state index in [1.54, 1.807) is 13.1 Å². The summed E-state index contributed by atoms with van der Waals surface area (Å²) >= 11 is 0. The minimum Gasteiger partial charge on any atom is -0.327 e. The molecule has 0 spiro atoms. The Hall–Kier alpha value is -4.14. The van der Waals surface area contributed by atoms with Crippen LogP contribution in [0.15, 0.2) is 65.8 Å². The molecule has 0 saturated heterocycles. The highest BCUT2D eigenvalue weighted by atomic mass is 19.4. The number of halogens is 3. The SMILES string of the molecule is Cc1cccc(C)c1NC(=O)N/N=C/c1ccc2c(c1)nc(-c1ccc(C(F)(F)F)cc1)n2C. The van der Waals surface area contributed by atoms with E-state index < -0.39 is 17.8 Å². The first kappa shape index (κ1) is 23.0. The van der Waals surface area contributed by atoms with E-state index in [0.717, 1.165) is 34.5 Å². The van der Waals surface area contributed by atoms with Crippen LogP contribution in [0.2, 0.25) is 0 Å². The summed E-state index contributed by atoms with van der Waals surface area (Å²) in [6.07, 6.45) is -2.89. The van der Waals surface area contributed by atoms with Gasteiger partial charge in [-0.2, -0.15) is 18.3 Å². The summed E-state index contributed by atoms with van der Waals surface area (Å²) in [4.78, 5) is 16.8. The molecule has 2 amide bonds. The number of imidazole rings is 1. The van der Waals surface area contributed by atoms with Gasteiger partial charge < -0.3 is 9.88 Å². The summed E-state index contributed by atoms with van der Waals surface area (Å²) in [5.74, 6) is 0.545. The molecule has 0 aliphatic carbocycles. The molecule has 0 bridgehead atoms. The van der Waals surface area contributed by atoms with Crippen LogP contribution in [0.25, 0.3) is 22.4 Å². The number of benzene rings is 3. The largest absolute Gasteiger partial charge is 0.416 e. The summed E-state index contributed by atoms with van der Waals surface area (Å²) < 4.78 is 40.4. The molecule has 0 aliphatic heterocycles. The minimum absolute atomic E-state index is 0.461. The Kier molecular flexibility index (Phi) is 6.10. The van der Waals surface area contributed by atoms with Crippen molar-refractivity contribution in [2.75, 3.05) is 5.32 Å². The summed E-state index contributed by atoms with van der Waals surface area (Å²) in [5.41, 5.74) is 7.12. The van der Waals surface area contributed by atoms with Gasteiger partial charge >= 0.3 is 12.2 Å². The average Bonchev–Trinajstić information content (AvgIpc) is 3.12. The first-order valence-electron chi connectivity index (χ1n) is 10.4. The maximum Gasteiger partial charge on any atom is 0.416 e. The second kappa shape index (κ2) is 9.01. The van der Waals surface area contributed by atoms with Crippen molar-refractivity contribution >= 4 is 29.0 Å². The molecule has 1 heterocycles. The Morgan fingerprint density at radius 2 is 1.71 bits per heavy atom. The van der Waals surface area contributed by atoms with Crippen molar-refractivity contribution < 1.29 is 18.0 Å². The zero-order valence-electron chi connectivity index (χ0n) is 18.7. The van der Waals surface area contributed by atoms with E-state index in [1.807, 2.05) is 48.7 Å². The maximum atomic E-state index is 12.8. The van der Waals surface area contributed by atoms with Crippen LogP contribution >= 0.6 is 0 Å². The summed E-state index contributed by atoms with van der Waals surface area (Å²) in [5, 5.41) is 6.78. The van der Waals surface area contributed by atoms with Crippen LogP contribution in [0, 0.1) is 13.8 Å². The van der Waals surface area contributed by atoms with E-state index in [0.29, 0.717) is 22.5 Å². The number of hydrazone groups is 1. The molecule has 0 saturated carbocycles. The summed E-state index contributed by atoms with van der Waals surface area (Å²) in [6, 6.07) is 15.6. The van der Waals surface area contributed by atoms with Crippen molar-refractivity contribution in [3.8, 4) is 11.4 Å². The highest BCUT2D eigenvalue weighted by Crippen LogP contribution is 2.31. The molecule has 0 atom stereocenters. The summed E-state index contributed by atoms with van der Waals surface area (Å²) in [7, 11) is 1.80. The molecule has 9 heteroatoms. The number of nitrogens with one attached hydrogen (secondary N) is 2. The van der Waals surface area contributed by atoms with Crippen LogP contribution in [-0.4, -0.2) is 21.8 Å². The highest BCUT2D eigenvalue weighted by Gasteiger charge is 2.30. The van der Waals surface area contributed by atoms with Crippen molar-refractivity contribution in [2.45, 2.75) is 20.0 Å². The van der Waals surface area contributed by atoms with Gasteiger partial charge in [0.05, 0.1) is 22.8 Å². The quantitative estimate of drug-likeness (QED) is 0.285. The zero-order chi connectivity index (χ0) is 24.5. The standard InChI is InChI=1S/C25H22F3N5O/c1-15-5-4-6-16(2)22(15)31-24(34)32-29-14-17-7-12-21-20(13-17)30-23(33(21)3)18-8-10-19(11-9-18)25(26,27)28/h4-14H,1-3H3,(H2,31,32,34)/b29-14+. The number of hydrogen-bond acceptors (Lipinski definition) is 3. The highest BCUT2D eigenvalue weighted by molar-refractivity contribution is 5.93. The first-order chi connectivity index (χ1) is 16.1. The van der Waals surface area contributed by atoms with Crippen molar-refractivity contribution in [1.82, 2.24) is 15.0 Å². The van der Waals surface area contributed by atoms with Gasteiger partial charge in [0.2, 0.25) is 0 Å². The number of fused-ring (bicyclic) bond motifs is 1. The van der Waals surface area contributed by atoms with Gasteiger partial charge in [-0.25, -0.2) is 15.2 Å². The van der Waals surface area contributed by atoms with Crippen molar-refractivity contribution in [3.63, 3.8) is 0 Å². The number of para-hydroxylation sites is 1. The van der Waals surface area contributed by atoms with E-state index in [-0.39, 0.29) is 0 Å². The lowest BCUT2D eigenvalue weighted by molar-refractivity contribution is -0.137. The molecule has 34 heavy (non-hydrogen) atoms. The van der Waals surface area contributed by atoms with Gasteiger partial charge in [0.1, 0.15) is 5.82 Å². The third-order valence-electron chi connectivity index (χ3n) is 5.47. The minimum atomic E-state index is -4.39. The molecule has 2 N–H and O–H groups in total. The van der Waals surface area contributed by atoms with E-state index in [4.69, 9.17) is 0 Å². The van der Waals surface area contributed by atoms with Gasteiger partial charge in [0.15, 0.2) is 0 Å². The Morgan fingerprint density at radius 1 is 1.03 bits per heavy atom. The number of alkyl halides is 3. The van der Waals surface area contributed by atoms with Crippen LogP contribution in [0.1, 0.15) is 22.3 Å². The Morgan fingerprint density at radius 3 is 2.35 bits per heavy atom. The molecule has 0 radical (unpaired) electrons. The molecular formula is C25H22F3N5O. The molecule has 1 aromatic heterocycles. The molecular weight excluding hydrogens is 443 g/mol. The fraction of sp³-hybridized carbons (Fsp3) is 0.160. The second-order valence-corrected chi connectivity index (χ2v) is 7.91. The smallest absolute Gasteiger partial charge is 0.327 e. The van der Waals surface area contributed by atoms with Gasteiger partial charge in [-0.3, -0.25) is 0 Å². The van der Waals surface area contributed by atoms with Gasteiger partial charge in [-0.1, -0.05) is 36.4 Å². The van der Waals surface area contributed by atoms with E-state index in [9.17, 15) is 18.0 Å². The number of amides is 2. The van der Waals surface area contributed by atoms with Crippen LogP contribution in [0.5, 0.6) is 0 Å². The molecule has 0 unspecified atom stereocenters. The van der Waals surface area contributed by atoms with Gasteiger partial charge in [-0.15, -0.1) is 0 Å². The molecule has 174 valence electrons. The van der Waals surface area contributed by atoms with Crippen molar-refractivity contribution in [1.29, 1.82) is 0 Å². The van der Waals surface area contributed by atoms with E-state index in [2.05, 4.69) is 20.8 Å². The van der Waals surface area contributed by atoms with Crippen molar-refractivity contribution in [2.24, 2.45) is 12.1 Å². The number of aryl methyl sites for hydroxylation is 3. The zero-order valence-corrected chi connectivity index (χ0v) is 18.7. The molecule has 0 aliphatic rings. The molecule has 6 nitrogen and oxygen atoms in total. The third kappa shape index (κ3) is 4.78. The molecule has 4 rings (SSSR count). The molecule has 3 aromatic carbocycles. The fourth-order valence-electron chi connectivity index (χ4n) is 3.68. The summed E-state index contributed by atoms with van der Waals surface area (Å²) in [6.45, 7) is 3.82. The lowest BCUT2D eigenvalue weighted by Gasteiger charge is -2.10. The van der Waals surface area contributed by atoms with Crippen LogP contribution in [0.3, 0.4) is 0 Å². The van der Waals surface area contributed by atoms with Crippen molar-refractivity contribution in [3.05, 3.63) is 82.9 Å². The number of aromatic nitrogens is 2. The average molecular weight is 465 g/mol. The number of carbonyl (C=O) groups is 1. The number of anilines is 1. The lowest BCUT2D eigenvalue weighted by atomic mass is 10.1. The number of urea groups is 1. The lowest BCUT2D eigenvalue weighted by Crippen LogP contribution is -2.25. The Labute approximate surface area is 194 Å². The normalized spacial score (nSPS) is 11.8. The molecule has 0 fully saturated rings. The van der Waals surface area contributed by atoms with E-state index >= 15 is 0 Å². The van der Waals surface area contributed by atoms with Gasteiger partial charge in [-0.05, 0) is 54.8 Å². The number of hydrogen-bond donors (Lipinski definition) is 2. The number of nitrogens with zero attached hydrogens (tertiary/aromatic N) is 3. The fourth-order valence-corrected chi connectivity index (χ4v) is 3.68. The predicted molar refractivity (Wildman–Crippen MR) is 127 cm³/mol. The van der Waals surface area contributed by atoms with E-state index in [1.165, 1.54) is 18.3 Å². The second-order valence-electron chi connectivity index (χ2n) is 7.91. The van der Waals surface area contributed by atoms with Crippen LogP contribution in [-0.2, 0) is 13.2 Å². The third-order valence-corrected chi connectivity index (χ3v) is 5.47. The van der Waals surface area contributed by atoms with Crippen LogP contribution < -0.4 is 10.7 Å². The predicted octanol–water partition coefficient (Wildman–Crippen LogP) is 6.03. The number of rotatable bonds is 4.